The van der Waals surface area contributed by atoms with Gasteiger partial charge in [-0.2, -0.15) is 35.1 Å². The largest absolute Gasteiger partial charge is 0.496 e. The number of benzene rings is 1. The van der Waals surface area contributed by atoms with Crippen LogP contribution in [0.5, 0.6) is 17.2 Å². The van der Waals surface area contributed by atoms with Gasteiger partial charge in [-0.05, 0) is 13.8 Å². The molecule has 0 bridgehead atoms. The molecule has 15 heteroatoms. The predicted octanol–water partition coefficient (Wildman–Crippen LogP) is 6.35. The Morgan fingerprint density at radius 3 is 2.09 bits per heavy atom. The molecule has 35 heavy (non-hydrogen) atoms. The minimum Gasteiger partial charge on any atom is -0.496 e. The number of thioether (sulfide) groups is 1. The lowest BCUT2D eigenvalue weighted by molar-refractivity contribution is -0.264. The zero-order valence-electron chi connectivity index (χ0n) is 18.1. The van der Waals surface area contributed by atoms with E-state index in [1.165, 1.54) is 7.11 Å². The van der Waals surface area contributed by atoms with Gasteiger partial charge in [0, 0.05) is 35.2 Å². The molecule has 0 aliphatic heterocycles. The van der Waals surface area contributed by atoms with Crippen LogP contribution in [0, 0.1) is 13.8 Å². The number of halogens is 8. The predicted molar refractivity (Wildman–Crippen MR) is 109 cm³/mol. The second-order valence-electron chi connectivity index (χ2n) is 7.12. The summed E-state index contributed by atoms with van der Waals surface area (Å²) in [4.78, 5) is 11.1. The van der Waals surface area contributed by atoms with Crippen LogP contribution in [0.25, 0.3) is 11.0 Å². The molecule has 192 valence electrons. The van der Waals surface area contributed by atoms with Crippen LogP contribution < -0.4 is 14.2 Å². The molecule has 0 aliphatic rings. The summed E-state index contributed by atoms with van der Waals surface area (Å²) in [5.41, 5.74) is 1.94. The Balaban J connectivity index is 1.95. The molecule has 0 amide bonds. The molecular weight excluding hydrogens is 514 g/mol. The van der Waals surface area contributed by atoms with E-state index >= 15 is 0 Å². The lowest BCUT2D eigenvalue weighted by Crippen LogP contribution is -2.35. The maximum Gasteiger partial charge on any atom is 0.461 e. The van der Waals surface area contributed by atoms with Gasteiger partial charge in [-0.25, -0.2) is 4.98 Å². The van der Waals surface area contributed by atoms with Gasteiger partial charge in [-0.1, -0.05) is 11.8 Å². The van der Waals surface area contributed by atoms with Gasteiger partial charge >= 0.3 is 25.1 Å². The molecule has 3 rings (SSSR count). The van der Waals surface area contributed by atoms with Gasteiger partial charge in [0.25, 0.3) is 0 Å². The van der Waals surface area contributed by atoms with E-state index in [2.05, 4.69) is 24.4 Å². The first-order valence-electron chi connectivity index (χ1n) is 9.60. The molecule has 0 aliphatic carbocycles. The highest BCUT2D eigenvalue weighted by Crippen LogP contribution is 2.41. The first kappa shape index (κ1) is 26.6. The SMILES string of the molecule is COc1c(C)cnc(CSc2nc3cc(OC(F)(F)C(F)F)c(OC(F)(F)C(F)F)cc3[nH]2)c1C. The molecule has 0 spiro atoms. The third kappa shape index (κ3) is 5.82. The molecule has 2 aromatic heterocycles. The van der Waals surface area contributed by atoms with Gasteiger partial charge < -0.3 is 19.2 Å². The molecule has 0 saturated carbocycles. The van der Waals surface area contributed by atoms with Crippen LogP contribution in [-0.4, -0.2) is 47.1 Å². The average molecular weight is 531 g/mol. The number of alkyl halides is 8. The number of pyridine rings is 1. The van der Waals surface area contributed by atoms with Gasteiger partial charge in [-0.3, -0.25) is 4.98 Å². The number of aryl methyl sites for hydroxylation is 1. The summed E-state index contributed by atoms with van der Waals surface area (Å²) in [7, 11) is 1.50. The number of methoxy groups -OCH3 is 1. The number of aromatic amines is 1. The van der Waals surface area contributed by atoms with E-state index in [0.29, 0.717) is 23.6 Å². The molecule has 6 nitrogen and oxygen atoms in total. The zero-order chi connectivity index (χ0) is 26.1. The summed E-state index contributed by atoms with van der Waals surface area (Å²) in [6.07, 6.45) is -17.3. The number of nitrogens with one attached hydrogen (secondary N) is 1. The van der Waals surface area contributed by atoms with Crippen LogP contribution >= 0.6 is 11.8 Å². The van der Waals surface area contributed by atoms with E-state index in [-0.39, 0.29) is 21.9 Å². The van der Waals surface area contributed by atoms with E-state index in [4.69, 9.17) is 4.74 Å². The van der Waals surface area contributed by atoms with Crippen LogP contribution in [0.15, 0.2) is 23.5 Å². The van der Waals surface area contributed by atoms with Crippen molar-refractivity contribution in [2.75, 3.05) is 7.11 Å². The van der Waals surface area contributed by atoms with Crippen LogP contribution in [0.1, 0.15) is 16.8 Å². The molecule has 1 N–H and O–H groups in total. The minimum absolute atomic E-state index is 0.0913. The smallest absolute Gasteiger partial charge is 0.461 e. The summed E-state index contributed by atoms with van der Waals surface area (Å²) in [5.74, 6) is -1.76. The molecule has 1 aromatic carbocycles. The fourth-order valence-electron chi connectivity index (χ4n) is 2.96. The Hall–Kier alpha value is -2.97. The van der Waals surface area contributed by atoms with E-state index in [9.17, 15) is 35.1 Å². The number of rotatable bonds is 10. The van der Waals surface area contributed by atoms with Crippen molar-refractivity contribution in [2.24, 2.45) is 0 Å². The van der Waals surface area contributed by atoms with Gasteiger partial charge in [0.2, 0.25) is 0 Å². The summed E-state index contributed by atoms with van der Waals surface area (Å²) >= 11 is 1.08. The maximum absolute atomic E-state index is 13.4. The third-order valence-corrected chi connectivity index (χ3v) is 5.51. The Kier molecular flexibility index (Phi) is 7.57. The Morgan fingerprint density at radius 1 is 0.971 bits per heavy atom. The van der Waals surface area contributed by atoms with Crippen molar-refractivity contribution in [3.05, 3.63) is 35.2 Å². The molecule has 0 fully saturated rings. The lowest BCUT2D eigenvalue weighted by atomic mass is 10.1. The van der Waals surface area contributed by atoms with E-state index in [1.807, 2.05) is 6.92 Å². The van der Waals surface area contributed by atoms with E-state index < -0.39 is 36.6 Å². The van der Waals surface area contributed by atoms with Gasteiger partial charge in [0.1, 0.15) is 5.75 Å². The molecule has 3 aromatic rings. The molecule has 0 unspecified atom stereocenters. The number of H-pyrrole nitrogens is 1. The normalized spacial score (nSPS) is 12.6. The van der Waals surface area contributed by atoms with Crippen molar-refractivity contribution >= 4 is 22.8 Å². The monoisotopic (exact) mass is 531 g/mol. The van der Waals surface area contributed by atoms with E-state index in [1.54, 1.807) is 13.1 Å². The number of fused-ring (bicyclic) bond motifs is 1. The number of ether oxygens (including phenoxy) is 3. The number of imidazole rings is 1. The number of hydrogen-bond acceptors (Lipinski definition) is 6. The standard InChI is InChI=1S/C20H17F8N3O3S/c1-8-6-29-12(9(2)15(8)32-3)7-35-18-30-10-4-13(33-19(25,26)16(21)22)14(5-11(10)31-18)34-20(27,28)17(23)24/h4-6,16-17H,7H2,1-3H3,(H,30,31). The topological polar surface area (TPSA) is 69.3 Å². The van der Waals surface area contributed by atoms with Crippen LogP contribution in [0.4, 0.5) is 35.1 Å². The highest BCUT2D eigenvalue weighted by Gasteiger charge is 2.47. The van der Waals surface area contributed by atoms with Crippen molar-refractivity contribution in [3.63, 3.8) is 0 Å². The number of aromatic nitrogens is 3. The summed E-state index contributed by atoms with van der Waals surface area (Å²) in [5, 5.41) is 0.157. The van der Waals surface area contributed by atoms with Crippen LogP contribution in [-0.2, 0) is 5.75 Å². The van der Waals surface area contributed by atoms with Crippen molar-refractivity contribution in [2.45, 2.75) is 49.8 Å². The molecular formula is C20H17F8N3O3S. The van der Waals surface area contributed by atoms with Gasteiger partial charge in [-0.15, -0.1) is 0 Å². The molecule has 0 atom stereocenters. The number of nitrogens with zero attached hydrogens (tertiary/aromatic N) is 2. The Labute approximate surface area is 197 Å². The Bertz CT molecular complexity index is 1150. The summed E-state index contributed by atoms with van der Waals surface area (Å²) in [6, 6.07) is 1.22. The summed E-state index contributed by atoms with van der Waals surface area (Å²) in [6.45, 7) is 3.59. The third-order valence-electron chi connectivity index (χ3n) is 4.62. The maximum atomic E-state index is 13.4. The second-order valence-corrected chi connectivity index (χ2v) is 8.09. The van der Waals surface area contributed by atoms with Crippen molar-refractivity contribution in [1.82, 2.24) is 15.0 Å². The van der Waals surface area contributed by atoms with Crippen molar-refractivity contribution < 1.29 is 49.3 Å². The fourth-order valence-corrected chi connectivity index (χ4v) is 3.87. The fraction of sp³-hybridized carbons (Fsp3) is 0.400. The average Bonchev–Trinajstić information content (AvgIpc) is 3.14. The van der Waals surface area contributed by atoms with Gasteiger partial charge in [0.05, 0.1) is 23.8 Å². The highest BCUT2D eigenvalue weighted by molar-refractivity contribution is 7.98. The quantitative estimate of drug-likeness (QED) is 0.243. The summed E-state index contributed by atoms with van der Waals surface area (Å²) < 4.78 is 117. The first-order chi connectivity index (χ1) is 16.2. The van der Waals surface area contributed by atoms with Gasteiger partial charge in [0.15, 0.2) is 16.7 Å². The van der Waals surface area contributed by atoms with Crippen molar-refractivity contribution in [1.29, 1.82) is 0 Å². The second kappa shape index (κ2) is 9.95. The highest BCUT2D eigenvalue weighted by atomic mass is 32.2. The molecule has 0 saturated heterocycles. The zero-order valence-corrected chi connectivity index (χ0v) is 19.0. The Morgan fingerprint density at radius 2 is 1.54 bits per heavy atom. The first-order valence-corrected chi connectivity index (χ1v) is 10.6. The molecule has 2 heterocycles. The minimum atomic E-state index is -5.12. The van der Waals surface area contributed by atoms with Crippen LogP contribution in [0.3, 0.4) is 0 Å². The number of hydrogen-bond donors (Lipinski definition) is 1. The van der Waals surface area contributed by atoms with Crippen LogP contribution in [0.2, 0.25) is 0 Å². The van der Waals surface area contributed by atoms with E-state index in [0.717, 1.165) is 22.9 Å². The van der Waals surface area contributed by atoms with Crippen molar-refractivity contribution in [3.8, 4) is 17.2 Å². The lowest BCUT2D eigenvalue weighted by Gasteiger charge is -2.22. The molecule has 0 radical (unpaired) electrons.